The molecule has 5 aliphatic rings. The van der Waals surface area contributed by atoms with Crippen LogP contribution < -0.4 is 0 Å². The van der Waals surface area contributed by atoms with E-state index in [1.54, 1.807) is 0 Å². The number of alkyl halides is 1. The molecule has 5 saturated carbocycles. The van der Waals surface area contributed by atoms with E-state index in [1.165, 1.54) is 6.42 Å². The normalized spacial score (nSPS) is 80.3. The molecule has 0 aromatic carbocycles. The van der Waals surface area contributed by atoms with Crippen molar-refractivity contribution in [2.75, 3.05) is 0 Å². The van der Waals surface area contributed by atoms with Gasteiger partial charge in [0.15, 0.2) is 0 Å². The van der Waals surface area contributed by atoms with Crippen LogP contribution in [0.2, 0.25) is 0 Å². The van der Waals surface area contributed by atoms with E-state index in [-0.39, 0.29) is 0 Å². The first-order chi connectivity index (χ1) is 6.64. The van der Waals surface area contributed by atoms with Crippen molar-refractivity contribution in [2.24, 2.45) is 47.3 Å². The van der Waals surface area contributed by atoms with Gasteiger partial charge in [0.1, 0.15) is 5.78 Å². The van der Waals surface area contributed by atoms with E-state index < -0.39 is 0 Å². The highest BCUT2D eigenvalue weighted by Crippen LogP contribution is 2.85. The Bertz CT molecular complexity index is 388. The first-order valence-corrected chi connectivity index (χ1v) is 6.66. The largest absolute Gasteiger partial charge is 0.299 e. The maximum absolute atomic E-state index is 12.2. The van der Waals surface area contributed by atoms with Crippen molar-refractivity contribution in [3.63, 3.8) is 0 Å². The summed E-state index contributed by atoms with van der Waals surface area (Å²) in [5.41, 5.74) is 0. The van der Waals surface area contributed by atoms with E-state index in [1.807, 2.05) is 0 Å². The molecule has 0 amide bonds. The molecule has 0 heterocycles. The van der Waals surface area contributed by atoms with Gasteiger partial charge in [-0.2, -0.15) is 0 Å². The predicted octanol–water partition coefficient (Wildman–Crippen LogP) is 2.10. The molecule has 0 radical (unpaired) electrons. The Morgan fingerprint density at radius 2 is 2.00 bits per heavy atom. The molecule has 1 nitrogen and oxygen atoms in total. The van der Waals surface area contributed by atoms with Gasteiger partial charge in [0.25, 0.3) is 0 Å². The fourth-order valence-electron chi connectivity index (χ4n) is 6.54. The molecule has 0 N–H and O–H groups in total. The van der Waals surface area contributed by atoms with Crippen LogP contribution in [0.25, 0.3) is 0 Å². The predicted molar refractivity (Wildman–Crippen MR) is 54.9 cm³/mol. The molecule has 5 fully saturated rings. The Kier molecular flexibility index (Phi) is 0.883. The minimum atomic E-state index is 0.327. The average Bonchev–Trinajstić information content (AvgIpc) is 2.52. The lowest BCUT2D eigenvalue weighted by atomic mass is 9.57. The number of ketones is 1. The maximum Gasteiger partial charge on any atom is 0.140 e. The molecular formula is C12H13BrO. The summed E-state index contributed by atoms with van der Waals surface area (Å²) < 4.78 is 0.327. The molecule has 5 rings (SSSR count). The Morgan fingerprint density at radius 1 is 1.21 bits per heavy atom. The van der Waals surface area contributed by atoms with E-state index in [4.69, 9.17) is 0 Å². The van der Waals surface area contributed by atoms with Crippen molar-refractivity contribution >= 4 is 21.7 Å². The molecule has 14 heavy (non-hydrogen) atoms. The summed E-state index contributed by atoms with van der Waals surface area (Å²) >= 11 is 3.97. The minimum absolute atomic E-state index is 0.327. The summed E-state index contributed by atoms with van der Waals surface area (Å²) in [6, 6.07) is 0. The summed E-state index contributed by atoms with van der Waals surface area (Å²) in [5.74, 6) is 6.61. The molecule has 0 saturated heterocycles. The number of halogens is 1. The number of Topliss-reactive ketones (excluding diaryl/α,β-unsaturated/α-hetero) is 1. The second kappa shape index (κ2) is 1.66. The zero-order chi connectivity index (χ0) is 9.40. The maximum atomic E-state index is 12.2. The summed E-state index contributed by atoms with van der Waals surface area (Å²) in [6.07, 6.45) is 1.39. The molecule has 0 aromatic rings. The molecular weight excluding hydrogens is 240 g/mol. The molecule has 2 heteroatoms. The Labute approximate surface area is 91.8 Å². The van der Waals surface area contributed by atoms with Crippen LogP contribution in [0.3, 0.4) is 0 Å². The molecule has 74 valence electrons. The van der Waals surface area contributed by atoms with E-state index in [0.29, 0.717) is 27.9 Å². The van der Waals surface area contributed by atoms with E-state index in [9.17, 15) is 4.79 Å². The summed E-state index contributed by atoms with van der Waals surface area (Å²) in [5, 5.41) is 0. The topological polar surface area (TPSA) is 17.1 Å². The van der Waals surface area contributed by atoms with Crippen LogP contribution in [-0.2, 0) is 4.79 Å². The fraction of sp³-hybridized carbons (Fsp3) is 0.917. The lowest BCUT2D eigenvalue weighted by molar-refractivity contribution is -0.134. The summed E-state index contributed by atoms with van der Waals surface area (Å²) in [7, 11) is 0. The van der Waals surface area contributed by atoms with Crippen LogP contribution in [0.15, 0.2) is 0 Å². The number of hydrogen-bond acceptors (Lipinski definition) is 1. The third kappa shape index (κ3) is 0.417. The van der Waals surface area contributed by atoms with Crippen LogP contribution in [-0.4, -0.2) is 10.1 Å². The molecule has 9 atom stereocenters. The Hall–Kier alpha value is 0.150. The van der Waals surface area contributed by atoms with Gasteiger partial charge >= 0.3 is 0 Å². The van der Waals surface area contributed by atoms with Gasteiger partial charge < -0.3 is 0 Å². The van der Waals surface area contributed by atoms with E-state index >= 15 is 0 Å². The monoisotopic (exact) mass is 252 g/mol. The van der Waals surface area contributed by atoms with Gasteiger partial charge in [-0.15, -0.1) is 0 Å². The molecule has 0 aromatic heterocycles. The van der Waals surface area contributed by atoms with Crippen molar-refractivity contribution in [1.82, 2.24) is 0 Å². The van der Waals surface area contributed by atoms with Crippen LogP contribution in [0.4, 0.5) is 0 Å². The third-order valence-corrected chi connectivity index (χ3v) is 7.52. The van der Waals surface area contributed by atoms with Gasteiger partial charge in [-0.1, -0.05) is 15.9 Å². The molecule has 2 bridgehead atoms. The minimum Gasteiger partial charge on any atom is -0.299 e. The fourth-order valence-corrected chi connectivity index (χ4v) is 7.76. The molecule has 0 aliphatic heterocycles. The zero-order valence-corrected chi connectivity index (χ0v) is 9.70. The Morgan fingerprint density at radius 3 is 2.79 bits per heavy atom. The van der Waals surface area contributed by atoms with Crippen LogP contribution in [0.1, 0.15) is 13.3 Å². The SMILES string of the molecule is C[C@]1(Br)[C@@H]2[C@H]3C[C@H]4[C@@H]2C(=O)[C@@H]2[C@@H]4[C@H]3[C@H]21. The first-order valence-electron chi connectivity index (χ1n) is 5.86. The van der Waals surface area contributed by atoms with Crippen LogP contribution in [0, 0.1) is 47.3 Å². The smallest absolute Gasteiger partial charge is 0.140 e. The average molecular weight is 253 g/mol. The first kappa shape index (κ1) is 7.43. The lowest BCUT2D eigenvalue weighted by Crippen LogP contribution is -2.53. The van der Waals surface area contributed by atoms with Crippen molar-refractivity contribution in [3.05, 3.63) is 0 Å². The highest BCUT2D eigenvalue weighted by atomic mass is 79.9. The Balaban J connectivity index is 1.87. The van der Waals surface area contributed by atoms with Crippen LogP contribution in [0.5, 0.6) is 0 Å². The summed E-state index contributed by atoms with van der Waals surface area (Å²) in [6.45, 7) is 2.37. The van der Waals surface area contributed by atoms with Gasteiger partial charge in [0.05, 0.1) is 0 Å². The number of carbonyl (C=O) groups is 1. The van der Waals surface area contributed by atoms with E-state index in [0.717, 1.165) is 29.6 Å². The van der Waals surface area contributed by atoms with Gasteiger partial charge in [-0.25, -0.2) is 0 Å². The van der Waals surface area contributed by atoms with Crippen molar-refractivity contribution in [3.8, 4) is 0 Å². The highest BCUT2D eigenvalue weighted by molar-refractivity contribution is 9.10. The second-order valence-corrected chi connectivity index (χ2v) is 8.08. The van der Waals surface area contributed by atoms with Crippen molar-refractivity contribution in [2.45, 2.75) is 17.7 Å². The molecule has 5 aliphatic carbocycles. The van der Waals surface area contributed by atoms with Crippen LogP contribution >= 0.6 is 15.9 Å². The van der Waals surface area contributed by atoms with Crippen molar-refractivity contribution in [1.29, 1.82) is 0 Å². The van der Waals surface area contributed by atoms with Gasteiger partial charge in [-0.3, -0.25) is 4.79 Å². The van der Waals surface area contributed by atoms with Gasteiger partial charge in [0.2, 0.25) is 0 Å². The van der Waals surface area contributed by atoms with Crippen molar-refractivity contribution < 1.29 is 4.79 Å². The summed E-state index contributed by atoms with van der Waals surface area (Å²) in [4.78, 5) is 12.2. The standard InChI is InChI=1S/C12H13BrO/c1-12(13)9-4-2-3-5-6(4)10(12)8(5)11(14)7(3)9/h3-10H,2H2,1H3/t3-,4+,5+,6+,7+,8-,9-,10-,12+/m1/s1. The highest BCUT2D eigenvalue weighted by Gasteiger charge is 2.86. The molecule has 0 unspecified atom stereocenters. The number of carbonyl (C=O) groups excluding carboxylic acids is 1. The number of fused-ring (bicyclic) bond motifs is 2. The third-order valence-electron chi connectivity index (χ3n) is 6.46. The molecule has 0 spiro atoms. The quantitative estimate of drug-likeness (QED) is 0.604. The van der Waals surface area contributed by atoms with Gasteiger partial charge in [-0.05, 0) is 48.9 Å². The zero-order valence-electron chi connectivity index (χ0n) is 8.11. The number of hydrogen-bond donors (Lipinski definition) is 0. The second-order valence-electron chi connectivity index (χ2n) is 6.37. The number of rotatable bonds is 0. The lowest BCUT2D eigenvalue weighted by Gasteiger charge is -2.49. The van der Waals surface area contributed by atoms with Gasteiger partial charge in [0, 0.05) is 16.2 Å². The van der Waals surface area contributed by atoms with E-state index in [2.05, 4.69) is 22.9 Å².